The van der Waals surface area contributed by atoms with Crippen LogP contribution in [0, 0.1) is 0 Å². The minimum atomic E-state index is -4.96. The molecular formula is C19H14F6O3. The first-order chi connectivity index (χ1) is 13.0. The van der Waals surface area contributed by atoms with Crippen molar-refractivity contribution in [1.29, 1.82) is 0 Å². The molecule has 0 fully saturated rings. The molecule has 0 atom stereocenters. The molecule has 2 aromatic carbocycles. The predicted molar refractivity (Wildman–Crippen MR) is 89.4 cm³/mol. The van der Waals surface area contributed by atoms with E-state index in [4.69, 9.17) is 9.47 Å². The van der Waals surface area contributed by atoms with E-state index < -0.39 is 34.8 Å². The quantitative estimate of drug-likeness (QED) is 0.368. The van der Waals surface area contributed by atoms with E-state index in [0.717, 1.165) is 12.2 Å². The molecular weight excluding hydrogens is 390 g/mol. The summed E-state index contributed by atoms with van der Waals surface area (Å²) in [7, 11) is 2.74. The maximum absolute atomic E-state index is 12.9. The Hall–Kier alpha value is -2.97. The average Bonchev–Trinajstić information content (AvgIpc) is 2.63. The van der Waals surface area contributed by atoms with Crippen LogP contribution >= 0.6 is 0 Å². The molecule has 2 aromatic rings. The smallest absolute Gasteiger partial charge is 0.416 e. The molecule has 0 aromatic heterocycles. The molecule has 0 aliphatic carbocycles. The molecule has 0 unspecified atom stereocenters. The molecule has 150 valence electrons. The largest absolute Gasteiger partial charge is 0.493 e. The Morgan fingerprint density at radius 2 is 1.36 bits per heavy atom. The van der Waals surface area contributed by atoms with Crippen LogP contribution < -0.4 is 9.47 Å². The normalized spacial score (nSPS) is 12.3. The first-order valence-corrected chi connectivity index (χ1v) is 7.69. The molecule has 2 rings (SSSR count). The molecule has 0 aliphatic rings. The number of allylic oxidation sites excluding steroid dienone is 1. The first-order valence-electron chi connectivity index (χ1n) is 7.69. The summed E-state index contributed by atoms with van der Waals surface area (Å²) in [6.45, 7) is 0. The Balaban J connectivity index is 2.38. The van der Waals surface area contributed by atoms with E-state index in [1.54, 1.807) is 0 Å². The van der Waals surface area contributed by atoms with Gasteiger partial charge in [-0.25, -0.2) is 0 Å². The lowest BCUT2D eigenvalue weighted by Crippen LogP contribution is -2.11. The fraction of sp³-hybridized carbons (Fsp3) is 0.211. The number of methoxy groups -OCH3 is 2. The Morgan fingerprint density at radius 1 is 0.821 bits per heavy atom. The SMILES string of the molecule is COc1ccc(C(=O)C=Cc2cc(C(F)(F)F)cc(C(F)(F)F)c2)cc1OC. The number of halogens is 6. The molecule has 9 heteroatoms. The van der Waals surface area contributed by atoms with E-state index in [9.17, 15) is 31.1 Å². The van der Waals surface area contributed by atoms with Gasteiger partial charge in [0.25, 0.3) is 0 Å². The molecule has 0 heterocycles. The van der Waals surface area contributed by atoms with Crippen LogP contribution in [-0.2, 0) is 12.4 Å². The Labute approximate surface area is 156 Å². The Kier molecular flexibility index (Phi) is 6.06. The fourth-order valence-corrected chi connectivity index (χ4v) is 2.33. The minimum Gasteiger partial charge on any atom is -0.493 e. The highest BCUT2D eigenvalue weighted by atomic mass is 19.4. The topological polar surface area (TPSA) is 35.5 Å². The number of carbonyl (C=O) groups is 1. The van der Waals surface area contributed by atoms with Gasteiger partial charge in [-0.3, -0.25) is 4.79 Å². The van der Waals surface area contributed by atoms with Crippen molar-refractivity contribution in [2.75, 3.05) is 14.2 Å². The lowest BCUT2D eigenvalue weighted by molar-refractivity contribution is -0.143. The molecule has 0 N–H and O–H groups in total. The molecule has 0 spiro atoms. The van der Waals surface area contributed by atoms with Gasteiger partial charge in [0, 0.05) is 5.56 Å². The second kappa shape index (κ2) is 7.95. The second-order valence-corrected chi connectivity index (χ2v) is 5.61. The molecule has 28 heavy (non-hydrogen) atoms. The summed E-state index contributed by atoms with van der Waals surface area (Å²) in [6, 6.07) is 5.28. The Bertz CT molecular complexity index is 865. The third-order valence-corrected chi connectivity index (χ3v) is 3.71. The van der Waals surface area contributed by atoms with E-state index in [1.165, 1.54) is 32.4 Å². The van der Waals surface area contributed by atoms with Gasteiger partial charge in [0.05, 0.1) is 25.3 Å². The van der Waals surface area contributed by atoms with Gasteiger partial charge in [-0.2, -0.15) is 26.3 Å². The van der Waals surface area contributed by atoms with Crippen LogP contribution in [0.2, 0.25) is 0 Å². The number of alkyl halides is 6. The van der Waals surface area contributed by atoms with E-state index in [0.29, 0.717) is 17.9 Å². The number of carbonyl (C=O) groups excluding carboxylic acids is 1. The average molecular weight is 404 g/mol. The molecule has 0 radical (unpaired) electrons. The third kappa shape index (κ3) is 5.05. The summed E-state index contributed by atoms with van der Waals surface area (Å²) in [5.41, 5.74) is -3.20. The van der Waals surface area contributed by atoms with Gasteiger partial charge in [-0.1, -0.05) is 6.08 Å². The fourth-order valence-electron chi connectivity index (χ4n) is 2.33. The standard InChI is InChI=1S/C19H14F6O3/c1-27-16-6-4-12(9-17(16)28-2)15(26)5-3-11-7-13(18(20,21)22)10-14(8-11)19(23,24)25/h3-10H,1-2H3. The van der Waals surface area contributed by atoms with E-state index in [2.05, 4.69) is 0 Å². The predicted octanol–water partition coefficient (Wildman–Crippen LogP) is 5.64. The molecule has 0 amide bonds. The number of ketones is 1. The van der Waals surface area contributed by atoms with E-state index in [1.807, 2.05) is 0 Å². The van der Waals surface area contributed by atoms with Crippen molar-refractivity contribution in [3.05, 3.63) is 64.7 Å². The summed E-state index contributed by atoms with van der Waals surface area (Å²) >= 11 is 0. The van der Waals surface area contributed by atoms with Crippen LogP contribution in [-0.4, -0.2) is 20.0 Å². The summed E-state index contributed by atoms with van der Waals surface area (Å²) in [4.78, 5) is 12.2. The van der Waals surface area contributed by atoms with E-state index >= 15 is 0 Å². The highest BCUT2D eigenvalue weighted by molar-refractivity contribution is 6.07. The summed E-state index contributed by atoms with van der Waals surface area (Å²) in [5.74, 6) is -0.0252. The monoisotopic (exact) mass is 404 g/mol. The van der Waals surface area contributed by atoms with Crippen LogP contribution in [0.1, 0.15) is 27.0 Å². The number of benzene rings is 2. The third-order valence-electron chi connectivity index (χ3n) is 3.71. The zero-order valence-corrected chi connectivity index (χ0v) is 14.6. The van der Waals surface area contributed by atoms with Gasteiger partial charge in [0.2, 0.25) is 0 Å². The van der Waals surface area contributed by atoms with Crippen LogP contribution in [0.3, 0.4) is 0 Å². The second-order valence-electron chi connectivity index (χ2n) is 5.61. The highest BCUT2D eigenvalue weighted by Gasteiger charge is 2.36. The zero-order chi connectivity index (χ0) is 21.1. The summed E-state index contributed by atoms with van der Waals surface area (Å²) in [6.07, 6.45) is -8.14. The van der Waals surface area contributed by atoms with Gasteiger partial charge in [-0.15, -0.1) is 0 Å². The van der Waals surface area contributed by atoms with Crippen molar-refractivity contribution < 1.29 is 40.6 Å². The lowest BCUT2D eigenvalue weighted by atomic mass is 10.0. The van der Waals surface area contributed by atoms with Gasteiger partial charge in [0.15, 0.2) is 17.3 Å². The van der Waals surface area contributed by atoms with Crippen LogP contribution in [0.25, 0.3) is 6.08 Å². The van der Waals surface area contributed by atoms with Gasteiger partial charge in [-0.05, 0) is 48.0 Å². The first kappa shape index (κ1) is 21.3. The number of rotatable bonds is 5. The van der Waals surface area contributed by atoms with Gasteiger partial charge < -0.3 is 9.47 Å². The Morgan fingerprint density at radius 3 is 1.82 bits per heavy atom. The zero-order valence-electron chi connectivity index (χ0n) is 14.6. The van der Waals surface area contributed by atoms with Crippen LogP contribution in [0.15, 0.2) is 42.5 Å². The number of ether oxygens (including phenoxy) is 2. The molecule has 0 aliphatic heterocycles. The van der Waals surface area contributed by atoms with Crippen molar-refractivity contribution in [2.45, 2.75) is 12.4 Å². The minimum absolute atomic E-state index is 0.0213. The van der Waals surface area contributed by atoms with Gasteiger partial charge >= 0.3 is 12.4 Å². The molecule has 0 saturated heterocycles. The highest BCUT2D eigenvalue weighted by Crippen LogP contribution is 2.36. The van der Waals surface area contributed by atoms with Crippen molar-refractivity contribution in [1.82, 2.24) is 0 Å². The number of hydrogen-bond donors (Lipinski definition) is 0. The van der Waals surface area contributed by atoms with Crippen LogP contribution in [0.5, 0.6) is 11.5 Å². The van der Waals surface area contributed by atoms with Crippen molar-refractivity contribution in [3.63, 3.8) is 0 Å². The summed E-state index contributed by atoms with van der Waals surface area (Å²) in [5, 5.41) is 0. The van der Waals surface area contributed by atoms with Crippen molar-refractivity contribution in [2.24, 2.45) is 0 Å². The van der Waals surface area contributed by atoms with E-state index in [-0.39, 0.29) is 17.4 Å². The molecule has 0 bridgehead atoms. The maximum Gasteiger partial charge on any atom is 0.416 e. The number of hydrogen-bond acceptors (Lipinski definition) is 3. The molecule has 0 saturated carbocycles. The molecule has 3 nitrogen and oxygen atoms in total. The summed E-state index contributed by atoms with van der Waals surface area (Å²) < 4.78 is 87.3. The lowest BCUT2D eigenvalue weighted by Gasteiger charge is -2.13. The van der Waals surface area contributed by atoms with Crippen molar-refractivity contribution in [3.8, 4) is 11.5 Å². The van der Waals surface area contributed by atoms with Crippen molar-refractivity contribution >= 4 is 11.9 Å². The van der Waals surface area contributed by atoms with Gasteiger partial charge in [0.1, 0.15) is 0 Å². The van der Waals surface area contributed by atoms with Crippen LogP contribution in [0.4, 0.5) is 26.3 Å². The maximum atomic E-state index is 12.9.